The molecule has 142 valence electrons. The van der Waals surface area contributed by atoms with Crippen molar-refractivity contribution in [2.45, 2.75) is 25.1 Å². The van der Waals surface area contributed by atoms with Gasteiger partial charge < -0.3 is 4.74 Å². The predicted octanol–water partition coefficient (Wildman–Crippen LogP) is 4.95. The summed E-state index contributed by atoms with van der Waals surface area (Å²) in [6.07, 6.45) is -5.69. The summed E-state index contributed by atoms with van der Waals surface area (Å²) in [4.78, 5) is 0. The summed E-state index contributed by atoms with van der Waals surface area (Å²) < 4.78 is 93.5. The quantitative estimate of drug-likeness (QED) is 0.332. The average Bonchev–Trinajstić information content (AvgIpc) is 2.55. The zero-order valence-corrected chi connectivity index (χ0v) is 13.2. The van der Waals surface area contributed by atoms with Crippen LogP contribution in [0.2, 0.25) is 0 Å². The van der Waals surface area contributed by atoms with Gasteiger partial charge in [0.2, 0.25) is 0 Å². The van der Waals surface area contributed by atoms with Gasteiger partial charge in [-0.05, 0) is 24.4 Å². The third-order valence-corrected chi connectivity index (χ3v) is 3.38. The molecular weight excluding hydrogens is 369 g/mol. The normalized spacial score (nSPS) is 13.4. The Hall–Kier alpha value is -2.52. The highest BCUT2D eigenvalue weighted by molar-refractivity contribution is 6.02. The van der Waals surface area contributed by atoms with Crippen LogP contribution in [0.5, 0.6) is 5.75 Å². The summed E-state index contributed by atoms with van der Waals surface area (Å²) in [5.74, 6) is -5.78. The molecule has 0 spiro atoms. The molecule has 26 heavy (non-hydrogen) atoms. The van der Waals surface area contributed by atoms with Crippen LogP contribution in [0.15, 0.2) is 41.5 Å². The summed E-state index contributed by atoms with van der Waals surface area (Å²) in [6, 6.07) is 3.92. The number of ether oxygens (including phenoxy) is 1. The molecule has 1 N–H and O–H groups in total. The number of nitrogens with zero attached hydrogens (tertiary/aromatic N) is 1. The highest BCUT2D eigenvalue weighted by atomic mass is 19.4. The maximum absolute atomic E-state index is 13.2. The number of fused-ring (bicyclic) bond motifs is 1. The van der Waals surface area contributed by atoms with Crippen LogP contribution in [0.4, 0.5) is 30.7 Å². The fourth-order valence-electron chi connectivity index (χ4n) is 2.12. The summed E-state index contributed by atoms with van der Waals surface area (Å²) in [7, 11) is 0. The van der Waals surface area contributed by atoms with Crippen molar-refractivity contribution in [1.29, 1.82) is 0 Å². The van der Waals surface area contributed by atoms with Gasteiger partial charge >= 0.3 is 18.1 Å². The van der Waals surface area contributed by atoms with Gasteiger partial charge in [-0.1, -0.05) is 24.3 Å². The van der Waals surface area contributed by atoms with E-state index in [4.69, 9.17) is 4.74 Å². The van der Waals surface area contributed by atoms with E-state index in [2.05, 4.69) is 5.10 Å². The van der Waals surface area contributed by atoms with Gasteiger partial charge in [0, 0.05) is 10.9 Å². The molecule has 0 atom stereocenters. The zero-order valence-electron chi connectivity index (χ0n) is 13.2. The topological polar surface area (TPSA) is 33.6 Å². The van der Waals surface area contributed by atoms with Crippen LogP contribution in [-0.4, -0.2) is 31.0 Å². The maximum atomic E-state index is 13.2. The van der Waals surface area contributed by atoms with Gasteiger partial charge in [-0.3, -0.25) is 0 Å². The first-order valence-corrected chi connectivity index (χ1v) is 7.28. The number of rotatable bonds is 6. The molecule has 10 heteroatoms. The summed E-state index contributed by atoms with van der Waals surface area (Å²) in [5.41, 5.74) is 0.818. The largest absolute Gasteiger partial charge is 0.493 e. The van der Waals surface area contributed by atoms with Crippen molar-refractivity contribution >= 4 is 17.0 Å². The number of nitrogens with one attached hydrogen (secondary N) is 1. The smallest absolute Gasteiger partial charge is 0.462 e. The molecule has 0 aliphatic rings. The van der Waals surface area contributed by atoms with Crippen LogP contribution in [-0.2, 0) is 0 Å². The molecule has 2 aromatic rings. The number of hydrogen-bond donors (Lipinski definition) is 1. The maximum Gasteiger partial charge on any atom is 0.462 e. The monoisotopic (exact) mass is 382 g/mol. The third kappa shape index (κ3) is 3.68. The molecule has 0 bridgehead atoms. The molecule has 0 amide bonds. The second-order valence-corrected chi connectivity index (χ2v) is 5.15. The predicted molar refractivity (Wildman–Crippen MR) is 81.8 cm³/mol. The van der Waals surface area contributed by atoms with Crippen molar-refractivity contribution in [3.05, 3.63) is 42.0 Å². The second kappa shape index (κ2) is 7.00. The fraction of sp³-hybridized carbons (Fsp3) is 0.312. The Balaban J connectivity index is 2.30. The van der Waals surface area contributed by atoms with E-state index in [0.29, 0.717) is 28.6 Å². The molecule has 0 heterocycles. The lowest BCUT2D eigenvalue weighted by Crippen LogP contribution is -2.58. The molecular formula is C16H13F7N2O. The average molecular weight is 382 g/mol. The highest BCUT2D eigenvalue weighted by Crippen LogP contribution is 2.45. The summed E-state index contributed by atoms with van der Waals surface area (Å²) >= 11 is 0. The van der Waals surface area contributed by atoms with Crippen molar-refractivity contribution < 1.29 is 35.5 Å². The van der Waals surface area contributed by atoms with E-state index in [1.165, 1.54) is 12.1 Å². The highest BCUT2D eigenvalue weighted by Gasteiger charge is 2.73. The van der Waals surface area contributed by atoms with Gasteiger partial charge in [0.05, 0.1) is 12.8 Å². The van der Waals surface area contributed by atoms with Gasteiger partial charge in [0.15, 0.2) is 0 Å². The second-order valence-electron chi connectivity index (χ2n) is 5.15. The zero-order chi connectivity index (χ0) is 19.6. The number of hydrazone groups is 1. The van der Waals surface area contributed by atoms with E-state index < -0.39 is 18.1 Å². The van der Waals surface area contributed by atoms with Gasteiger partial charge in [0.25, 0.3) is 0 Å². The molecule has 0 radical (unpaired) electrons. The molecule has 0 saturated heterocycles. The molecule has 0 aliphatic carbocycles. The van der Waals surface area contributed by atoms with Gasteiger partial charge in [-0.15, -0.1) is 0 Å². The standard InChI is InChI=1S/C16H13F7N2O/c1-2-26-13-8-7-10(11-5-3-4-6-12(11)13)9-24-25-16(22,23)14(17,18)15(19,20)21/h3-9,25H,2H2,1H3/b24-9+. The molecule has 0 unspecified atom stereocenters. The van der Waals surface area contributed by atoms with E-state index >= 15 is 0 Å². The van der Waals surface area contributed by atoms with Crippen LogP contribution >= 0.6 is 0 Å². The first kappa shape index (κ1) is 19.8. The molecule has 3 nitrogen and oxygen atoms in total. The van der Waals surface area contributed by atoms with E-state index in [1.807, 2.05) is 0 Å². The molecule has 2 aromatic carbocycles. The number of benzene rings is 2. The van der Waals surface area contributed by atoms with Crippen molar-refractivity contribution in [3.63, 3.8) is 0 Å². The SMILES string of the molecule is CCOc1ccc(/C=N/NC(F)(F)C(F)(F)C(F)(F)F)c2ccccc12. The molecule has 0 saturated carbocycles. The number of halogens is 7. The molecule has 2 rings (SSSR count). The van der Waals surface area contributed by atoms with Crippen molar-refractivity contribution in [2.75, 3.05) is 6.61 Å². The van der Waals surface area contributed by atoms with E-state index in [0.717, 1.165) is 6.21 Å². The fourth-order valence-corrected chi connectivity index (χ4v) is 2.12. The Kier molecular flexibility index (Phi) is 5.33. The first-order valence-electron chi connectivity index (χ1n) is 7.28. The van der Waals surface area contributed by atoms with Crippen LogP contribution in [0.25, 0.3) is 10.8 Å². The van der Waals surface area contributed by atoms with Crippen molar-refractivity contribution in [1.82, 2.24) is 5.43 Å². The van der Waals surface area contributed by atoms with Crippen LogP contribution in [0.3, 0.4) is 0 Å². The van der Waals surface area contributed by atoms with Crippen LogP contribution in [0, 0.1) is 0 Å². The molecule has 0 aliphatic heterocycles. The van der Waals surface area contributed by atoms with Gasteiger partial charge in [-0.2, -0.15) is 35.8 Å². The molecule has 0 aromatic heterocycles. The van der Waals surface area contributed by atoms with E-state index in [1.54, 1.807) is 31.2 Å². The van der Waals surface area contributed by atoms with Gasteiger partial charge in [-0.25, -0.2) is 5.43 Å². The Morgan fingerprint density at radius 2 is 1.58 bits per heavy atom. The lowest BCUT2D eigenvalue weighted by atomic mass is 10.0. The van der Waals surface area contributed by atoms with Crippen LogP contribution < -0.4 is 10.2 Å². The number of alkyl halides is 7. The lowest BCUT2D eigenvalue weighted by molar-refractivity contribution is -0.361. The minimum absolute atomic E-state index is 0.225. The van der Waals surface area contributed by atoms with Crippen molar-refractivity contribution in [3.8, 4) is 5.75 Å². The Labute approximate surface area is 143 Å². The molecule has 0 fully saturated rings. The Bertz CT molecular complexity index is 803. The minimum atomic E-state index is -6.43. The van der Waals surface area contributed by atoms with Crippen LogP contribution in [0.1, 0.15) is 12.5 Å². The Morgan fingerprint density at radius 3 is 2.15 bits per heavy atom. The third-order valence-electron chi connectivity index (χ3n) is 3.38. The van der Waals surface area contributed by atoms with E-state index in [9.17, 15) is 30.7 Å². The summed E-state index contributed by atoms with van der Waals surface area (Å²) in [5, 5.41) is 3.97. The first-order chi connectivity index (χ1) is 12.0. The minimum Gasteiger partial charge on any atom is -0.493 e. The lowest BCUT2D eigenvalue weighted by Gasteiger charge is -2.27. The van der Waals surface area contributed by atoms with Crippen molar-refractivity contribution in [2.24, 2.45) is 5.10 Å². The number of hydrogen-bond acceptors (Lipinski definition) is 3. The van der Waals surface area contributed by atoms with E-state index in [-0.39, 0.29) is 5.56 Å². The summed E-state index contributed by atoms with van der Waals surface area (Å²) in [6.45, 7) is 2.13. The van der Waals surface area contributed by atoms with Gasteiger partial charge in [0.1, 0.15) is 5.75 Å². The Morgan fingerprint density at radius 1 is 0.962 bits per heavy atom.